The molecular formula is C18H19BrN6O2. The zero-order chi connectivity index (χ0) is 18.6. The number of ether oxygens (including phenoxy) is 1. The summed E-state index contributed by atoms with van der Waals surface area (Å²) < 4.78 is 7.56. The Morgan fingerprint density at radius 2 is 2.11 bits per heavy atom. The Labute approximate surface area is 164 Å². The molecule has 3 heterocycles. The number of carbonyl (C=O) groups is 1. The molecule has 3 aromatic rings. The van der Waals surface area contributed by atoms with E-state index in [0.717, 1.165) is 17.3 Å². The van der Waals surface area contributed by atoms with Crippen LogP contribution in [-0.2, 0) is 0 Å². The third-order valence-corrected chi connectivity index (χ3v) is 5.02. The molecule has 1 fully saturated rings. The van der Waals surface area contributed by atoms with Crippen molar-refractivity contribution < 1.29 is 9.53 Å². The maximum atomic E-state index is 12.3. The summed E-state index contributed by atoms with van der Waals surface area (Å²) in [6.45, 7) is 0. The molecule has 0 saturated heterocycles. The maximum absolute atomic E-state index is 12.3. The molecule has 0 radical (unpaired) electrons. The molecule has 1 saturated carbocycles. The van der Waals surface area contributed by atoms with Crippen LogP contribution < -0.4 is 15.4 Å². The van der Waals surface area contributed by atoms with Crippen molar-refractivity contribution in [2.45, 2.75) is 38.1 Å². The molecule has 3 aromatic heterocycles. The summed E-state index contributed by atoms with van der Waals surface area (Å²) in [6.07, 6.45) is 10.1. The van der Waals surface area contributed by atoms with Crippen molar-refractivity contribution in [2.75, 3.05) is 10.6 Å². The van der Waals surface area contributed by atoms with Crippen LogP contribution in [0.3, 0.4) is 0 Å². The molecule has 0 unspecified atom stereocenters. The van der Waals surface area contributed by atoms with E-state index in [1.165, 1.54) is 25.5 Å². The van der Waals surface area contributed by atoms with Gasteiger partial charge in [-0.2, -0.15) is 9.61 Å². The Bertz CT molecular complexity index is 940. The van der Waals surface area contributed by atoms with Crippen molar-refractivity contribution in [3.05, 3.63) is 41.3 Å². The van der Waals surface area contributed by atoms with Crippen molar-refractivity contribution in [1.82, 2.24) is 19.6 Å². The third-order valence-electron chi connectivity index (χ3n) is 4.46. The lowest BCUT2D eigenvalue weighted by Crippen LogP contribution is -2.24. The number of hydrogen-bond donors (Lipinski definition) is 2. The van der Waals surface area contributed by atoms with Gasteiger partial charge in [0.1, 0.15) is 11.6 Å². The van der Waals surface area contributed by atoms with E-state index in [-0.39, 0.29) is 0 Å². The lowest BCUT2D eigenvalue weighted by molar-refractivity contribution is 0.215. The smallest absolute Gasteiger partial charge is 0.408 e. The molecule has 2 N–H and O–H groups in total. The second-order valence-electron chi connectivity index (χ2n) is 6.44. The van der Waals surface area contributed by atoms with Crippen molar-refractivity contribution in [2.24, 2.45) is 0 Å². The van der Waals surface area contributed by atoms with Gasteiger partial charge in [0.2, 0.25) is 0 Å². The summed E-state index contributed by atoms with van der Waals surface area (Å²) in [5, 5.41) is 10.5. The predicted molar refractivity (Wildman–Crippen MR) is 105 cm³/mol. The molecule has 27 heavy (non-hydrogen) atoms. The predicted octanol–water partition coefficient (Wildman–Crippen LogP) is 4.24. The van der Waals surface area contributed by atoms with Gasteiger partial charge in [-0.1, -0.05) is 19.3 Å². The molecule has 1 aliphatic carbocycles. The molecule has 9 heteroatoms. The number of nitrogens with one attached hydrogen (secondary N) is 2. The van der Waals surface area contributed by atoms with Gasteiger partial charge in [0.15, 0.2) is 11.4 Å². The van der Waals surface area contributed by atoms with E-state index < -0.39 is 6.09 Å². The van der Waals surface area contributed by atoms with Gasteiger partial charge in [-0.05, 0) is 40.9 Å². The van der Waals surface area contributed by atoms with Gasteiger partial charge >= 0.3 is 6.09 Å². The first kappa shape index (κ1) is 17.7. The molecule has 0 spiro atoms. The van der Waals surface area contributed by atoms with Crippen LogP contribution in [0.4, 0.5) is 16.4 Å². The quantitative estimate of drug-likeness (QED) is 0.642. The highest BCUT2D eigenvalue weighted by Crippen LogP contribution is 2.25. The molecule has 0 aliphatic heterocycles. The molecule has 8 nitrogen and oxygen atoms in total. The summed E-state index contributed by atoms with van der Waals surface area (Å²) >= 11 is 3.45. The van der Waals surface area contributed by atoms with Crippen molar-refractivity contribution in [3.63, 3.8) is 0 Å². The molecular weight excluding hydrogens is 412 g/mol. The number of pyridine rings is 1. The van der Waals surface area contributed by atoms with Crippen LogP contribution in [0.2, 0.25) is 0 Å². The monoisotopic (exact) mass is 430 g/mol. The van der Waals surface area contributed by atoms with Crippen molar-refractivity contribution in [3.8, 4) is 5.75 Å². The molecule has 1 amide bonds. The Morgan fingerprint density at radius 3 is 2.89 bits per heavy atom. The van der Waals surface area contributed by atoms with E-state index in [1.807, 2.05) is 0 Å². The fourth-order valence-electron chi connectivity index (χ4n) is 3.20. The maximum Gasteiger partial charge on any atom is 0.418 e. The summed E-state index contributed by atoms with van der Waals surface area (Å²) in [5.74, 6) is 1.53. The number of anilines is 2. The highest BCUT2D eigenvalue weighted by Gasteiger charge is 2.17. The van der Waals surface area contributed by atoms with Crippen LogP contribution >= 0.6 is 15.9 Å². The van der Waals surface area contributed by atoms with Gasteiger partial charge in [-0.3, -0.25) is 10.3 Å². The van der Waals surface area contributed by atoms with E-state index in [1.54, 1.807) is 35.1 Å². The van der Waals surface area contributed by atoms with E-state index in [0.29, 0.717) is 29.1 Å². The first-order valence-corrected chi connectivity index (χ1v) is 9.68. The molecule has 0 atom stereocenters. The average Bonchev–Trinajstić information content (AvgIpc) is 3.05. The number of rotatable bonds is 4. The number of fused-ring (bicyclic) bond motifs is 1. The second kappa shape index (κ2) is 7.91. The minimum absolute atomic E-state index is 0.363. The van der Waals surface area contributed by atoms with Crippen LogP contribution in [0, 0.1) is 0 Å². The first-order chi connectivity index (χ1) is 13.2. The Kier molecular flexibility index (Phi) is 5.19. The van der Waals surface area contributed by atoms with Crippen molar-refractivity contribution in [1.29, 1.82) is 0 Å². The molecule has 1 aliphatic rings. The zero-order valence-corrected chi connectivity index (χ0v) is 16.1. The van der Waals surface area contributed by atoms with Crippen molar-refractivity contribution >= 4 is 39.3 Å². The fourth-order valence-corrected chi connectivity index (χ4v) is 3.55. The lowest BCUT2D eigenvalue weighted by Gasteiger charge is -2.23. The lowest BCUT2D eigenvalue weighted by atomic mass is 9.95. The second-order valence-corrected chi connectivity index (χ2v) is 7.29. The van der Waals surface area contributed by atoms with Gasteiger partial charge in [0.05, 0.1) is 16.9 Å². The van der Waals surface area contributed by atoms with Crippen LogP contribution in [0.1, 0.15) is 32.1 Å². The minimum atomic E-state index is -0.620. The number of amides is 1. The fraction of sp³-hybridized carbons (Fsp3) is 0.333. The van der Waals surface area contributed by atoms with Crippen LogP contribution in [0.25, 0.3) is 5.65 Å². The topological polar surface area (TPSA) is 93.4 Å². The van der Waals surface area contributed by atoms with Gasteiger partial charge in [-0.15, -0.1) is 0 Å². The largest absolute Gasteiger partial charge is 0.418 e. The molecule has 140 valence electrons. The van der Waals surface area contributed by atoms with Gasteiger partial charge in [-0.25, -0.2) is 9.78 Å². The summed E-state index contributed by atoms with van der Waals surface area (Å²) in [7, 11) is 0. The number of hydrogen-bond acceptors (Lipinski definition) is 6. The van der Waals surface area contributed by atoms with Crippen LogP contribution in [-0.4, -0.2) is 31.7 Å². The SMILES string of the molecule is O=C(Nc1cc(NC2CCCCC2)nc2c(Br)cnn12)Oc1cccnc1. The number of aromatic nitrogens is 4. The van der Waals surface area contributed by atoms with E-state index >= 15 is 0 Å². The van der Waals surface area contributed by atoms with Gasteiger partial charge in [0.25, 0.3) is 0 Å². The summed E-state index contributed by atoms with van der Waals surface area (Å²) in [6, 6.07) is 5.52. The Balaban J connectivity index is 1.57. The number of carbonyl (C=O) groups excluding carboxylic acids is 1. The van der Waals surface area contributed by atoms with Crippen LogP contribution in [0.15, 0.2) is 41.3 Å². The summed E-state index contributed by atoms with van der Waals surface area (Å²) in [5.41, 5.74) is 0.618. The average molecular weight is 431 g/mol. The van der Waals surface area contributed by atoms with Gasteiger partial charge < -0.3 is 10.1 Å². The number of nitrogens with zero attached hydrogens (tertiary/aromatic N) is 4. The molecule has 0 aromatic carbocycles. The minimum Gasteiger partial charge on any atom is -0.408 e. The summed E-state index contributed by atoms with van der Waals surface area (Å²) in [4.78, 5) is 20.8. The van der Waals surface area contributed by atoms with E-state index in [2.05, 4.69) is 41.6 Å². The third kappa shape index (κ3) is 4.19. The number of halogens is 1. The first-order valence-electron chi connectivity index (χ1n) is 8.89. The normalized spacial score (nSPS) is 14.9. The zero-order valence-electron chi connectivity index (χ0n) is 14.6. The highest BCUT2D eigenvalue weighted by molar-refractivity contribution is 9.10. The van der Waals surface area contributed by atoms with Crippen LogP contribution in [0.5, 0.6) is 5.75 Å². The van der Waals surface area contributed by atoms with E-state index in [9.17, 15) is 4.79 Å². The van der Waals surface area contributed by atoms with E-state index in [4.69, 9.17) is 4.74 Å². The Hall–Kier alpha value is -2.68. The highest BCUT2D eigenvalue weighted by atomic mass is 79.9. The Morgan fingerprint density at radius 1 is 1.26 bits per heavy atom. The molecule has 4 rings (SSSR count). The van der Waals surface area contributed by atoms with Gasteiger partial charge in [0, 0.05) is 18.3 Å². The standard InChI is InChI=1S/C18H19BrN6O2/c19-14-11-21-25-16(24-18(26)27-13-7-4-8-20-10-13)9-15(23-17(14)25)22-12-5-2-1-3-6-12/h4,7-12H,1-3,5-6H2,(H,22,23)(H,24,26). The molecule has 0 bridgehead atoms.